The molecule has 0 aliphatic rings. The number of hydrogen-bond acceptors (Lipinski definition) is 7. The number of anilines is 2. The number of rotatable bonds is 9. The molecule has 1 aromatic heterocycles. The number of hydrogen-bond donors (Lipinski definition) is 3. The second kappa shape index (κ2) is 11.4. The highest BCUT2D eigenvalue weighted by molar-refractivity contribution is 6.07. The van der Waals surface area contributed by atoms with E-state index in [4.69, 9.17) is 0 Å². The molecule has 2 aromatic carbocycles. The van der Waals surface area contributed by atoms with Gasteiger partial charge in [-0.1, -0.05) is 18.2 Å². The fourth-order valence-electron chi connectivity index (χ4n) is 3.27. The van der Waals surface area contributed by atoms with Gasteiger partial charge in [0.05, 0.1) is 24.1 Å². The van der Waals surface area contributed by atoms with E-state index in [9.17, 15) is 29.3 Å². The minimum atomic E-state index is -0.592. The first-order chi connectivity index (χ1) is 17.2. The van der Waals surface area contributed by atoms with Gasteiger partial charge in [0.15, 0.2) is 0 Å². The summed E-state index contributed by atoms with van der Waals surface area (Å²) in [5, 5.41) is 18.7. The van der Waals surface area contributed by atoms with Crippen LogP contribution in [-0.4, -0.2) is 46.8 Å². The highest BCUT2D eigenvalue weighted by Gasteiger charge is 2.16. The molecule has 0 aliphatic carbocycles. The summed E-state index contributed by atoms with van der Waals surface area (Å²) >= 11 is 0. The first kappa shape index (κ1) is 25.6. The third kappa shape index (κ3) is 6.76. The molecule has 0 spiro atoms. The van der Waals surface area contributed by atoms with E-state index in [1.165, 1.54) is 42.1 Å². The Morgan fingerprint density at radius 3 is 2.42 bits per heavy atom. The lowest BCUT2D eigenvalue weighted by Crippen LogP contribution is -2.31. The predicted octanol–water partition coefficient (Wildman–Crippen LogP) is 2.27. The quantitative estimate of drug-likeness (QED) is 0.234. The third-order valence-corrected chi connectivity index (χ3v) is 5.02. The number of ether oxygens (including phenoxy) is 1. The van der Waals surface area contributed by atoms with Gasteiger partial charge in [0, 0.05) is 36.6 Å². The van der Waals surface area contributed by atoms with Gasteiger partial charge >= 0.3 is 5.97 Å². The van der Waals surface area contributed by atoms with E-state index in [2.05, 4.69) is 20.7 Å². The lowest BCUT2D eigenvalue weighted by molar-refractivity contribution is -0.384. The number of methoxy groups -OCH3 is 1. The van der Waals surface area contributed by atoms with Crippen LogP contribution in [0.3, 0.4) is 0 Å². The van der Waals surface area contributed by atoms with Crippen LogP contribution >= 0.6 is 0 Å². The normalized spacial score (nSPS) is 10.3. The van der Waals surface area contributed by atoms with Crippen molar-refractivity contribution in [2.75, 3.05) is 24.3 Å². The molecule has 3 amide bonds. The van der Waals surface area contributed by atoms with Gasteiger partial charge in [0.1, 0.15) is 12.2 Å². The van der Waals surface area contributed by atoms with E-state index in [0.29, 0.717) is 16.9 Å². The Morgan fingerprint density at radius 2 is 1.69 bits per heavy atom. The van der Waals surface area contributed by atoms with E-state index in [0.717, 1.165) is 6.07 Å². The lowest BCUT2D eigenvalue weighted by atomic mass is 10.1. The predicted molar refractivity (Wildman–Crippen MR) is 130 cm³/mol. The van der Waals surface area contributed by atoms with Crippen molar-refractivity contribution in [1.82, 2.24) is 9.88 Å². The lowest BCUT2D eigenvalue weighted by Gasteiger charge is -2.08. The summed E-state index contributed by atoms with van der Waals surface area (Å²) in [5.74, 6) is -1.96. The third-order valence-electron chi connectivity index (χ3n) is 5.02. The number of nitro benzene ring substituents is 1. The molecule has 0 radical (unpaired) electrons. The van der Waals surface area contributed by atoms with E-state index in [1.807, 2.05) is 0 Å². The average molecular weight is 493 g/mol. The Morgan fingerprint density at radius 1 is 0.972 bits per heavy atom. The van der Waals surface area contributed by atoms with Crippen molar-refractivity contribution in [2.45, 2.75) is 6.42 Å². The van der Waals surface area contributed by atoms with E-state index >= 15 is 0 Å². The maximum absolute atomic E-state index is 12.8. The second-order valence-corrected chi connectivity index (χ2v) is 7.67. The zero-order valence-electron chi connectivity index (χ0n) is 19.4. The minimum absolute atomic E-state index is 0.00130. The van der Waals surface area contributed by atoms with E-state index in [-0.39, 0.29) is 35.8 Å². The number of aromatic nitrogens is 1. The number of benzene rings is 2. The smallest absolute Gasteiger partial charge is 0.325 e. The maximum Gasteiger partial charge on any atom is 0.325 e. The van der Waals surface area contributed by atoms with Crippen molar-refractivity contribution in [3.05, 3.63) is 87.7 Å². The van der Waals surface area contributed by atoms with Crippen molar-refractivity contribution in [3.8, 4) is 0 Å². The molecule has 12 nitrogen and oxygen atoms in total. The second-order valence-electron chi connectivity index (χ2n) is 7.67. The number of amides is 3. The number of carbonyl (C=O) groups excluding carboxylic acids is 4. The van der Waals surface area contributed by atoms with Gasteiger partial charge in [-0.2, -0.15) is 0 Å². The summed E-state index contributed by atoms with van der Waals surface area (Å²) in [6.07, 6.45) is 1.53. The first-order valence-corrected chi connectivity index (χ1v) is 10.6. The minimum Gasteiger partial charge on any atom is -0.468 e. The highest BCUT2D eigenvalue weighted by atomic mass is 16.6. The van der Waals surface area contributed by atoms with Crippen LogP contribution in [0.25, 0.3) is 0 Å². The highest BCUT2D eigenvalue weighted by Crippen LogP contribution is 2.19. The van der Waals surface area contributed by atoms with Gasteiger partial charge in [0.25, 0.3) is 17.5 Å². The molecule has 36 heavy (non-hydrogen) atoms. The fraction of sp³-hybridized carbons (Fsp3) is 0.167. The Kier molecular flexibility index (Phi) is 8.13. The van der Waals surface area contributed by atoms with Crippen molar-refractivity contribution < 1.29 is 28.8 Å². The van der Waals surface area contributed by atoms with Crippen LogP contribution in [0.15, 0.2) is 60.8 Å². The standard InChI is InChI=1S/C24H23N5O7/c1-28-14-18(27-23(32)16-6-4-8-19(11-16)29(34)35)12-20(28)24(33)26-17-7-3-5-15(9-17)10-21(30)25-13-22(31)36-2/h3-9,11-12,14H,10,13H2,1-2H3,(H,25,30)(H,26,33)(H,27,32). The Labute approximate surface area is 205 Å². The number of non-ortho nitro benzene ring substituents is 1. The van der Waals surface area contributed by atoms with Crippen molar-refractivity contribution in [3.63, 3.8) is 0 Å². The number of nitrogens with zero attached hydrogens (tertiary/aromatic N) is 2. The number of carbonyl (C=O) groups is 4. The molecule has 0 atom stereocenters. The molecule has 0 bridgehead atoms. The summed E-state index contributed by atoms with van der Waals surface area (Å²) in [7, 11) is 2.85. The van der Waals surface area contributed by atoms with Crippen molar-refractivity contribution in [2.24, 2.45) is 7.05 Å². The largest absolute Gasteiger partial charge is 0.468 e. The van der Waals surface area contributed by atoms with Crippen LogP contribution in [0.1, 0.15) is 26.4 Å². The number of esters is 1. The van der Waals surface area contributed by atoms with E-state index in [1.54, 1.807) is 31.3 Å². The summed E-state index contributed by atoms with van der Waals surface area (Å²) in [6, 6.07) is 13.4. The van der Waals surface area contributed by atoms with Gasteiger partial charge in [-0.25, -0.2) is 0 Å². The molecule has 1 heterocycles. The zero-order valence-corrected chi connectivity index (χ0v) is 19.4. The monoisotopic (exact) mass is 493 g/mol. The van der Waals surface area contributed by atoms with E-state index < -0.39 is 22.7 Å². The van der Waals surface area contributed by atoms with Crippen LogP contribution in [0.2, 0.25) is 0 Å². The molecule has 0 aliphatic heterocycles. The average Bonchev–Trinajstić information content (AvgIpc) is 3.22. The number of nitro groups is 1. The molecule has 3 N–H and O–H groups in total. The topological polar surface area (TPSA) is 162 Å². The van der Waals surface area contributed by atoms with Crippen molar-refractivity contribution >= 4 is 40.8 Å². The molecule has 3 rings (SSSR count). The summed E-state index contributed by atoms with van der Waals surface area (Å²) in [5.41, 5.74) is 1.53. The van der Waals surface area contributed by atoms with Gasteiger partial charge in [0.2, 0.25) is 5.91 Å². The Balaban J connectivity index is 1.64. The Bertz CT molecular complexity index is 1330. The molecule has 186 valence electrons. The summed E-state index contributed by atoms with van der Waals surface area (Å²) in [4.78, 5) is 58.8. The summed E-state index contributed by atoms with van der Waals surface area (Å²) < 4.78 is 5.99. The van der Waals surface area contributed by atoms with Gasteiger partial charge in [-0.3, -0.25) is 29.3 Å². The van der Waals surface area contributed by atoms with Crippen LogP contribution in [0, 0.1) is 10.1 Å². The molecule has 12 heteroatoms. The molecule has 0 saturated heterocycles. The molecular weight excluding hydrogens is 470 g/mol. The molecule has 0 saturated carbocycles. The van der Waals surface area contributed by atoms with Gasteiger partial charge < -0.3 is 25.3 Å². The van der Waals surface area contributed by atoms with Crippen LogP contribution in [-0.2, 0) is 27.8 Å². The van der Waals surface area contributed by atoms with Crippen LogP contribution in [0.5, 0.6) is 0 Å². The molecule has 3 aromatic rings. The molecule has 0 unspecified atom stereocenters. The molecule has 0 fully saturated rings. The molecular formula is C24H23N5O7. The van der Waals surface area contributed by atoms with Gasteiger partial charge in [-0.15, -0.1) is 0 Å². The van der Waals surface area contributed by atoms with Crippen LogP contribution in [0.4, 0.5) is 17.1 Å². The van der Waals surface area contributed by atoms with Gasteiger partial charge in [-0.05, 0) is 29.8 Å². The zero-order chi connectivity index (χ0) is 26.2. The number of aryl methyl sites for hydroxylation is 1. The number of nitrogens with one attached hydrogen (secondary N) is 3. The van der Waals surface area contributed by atoms with Crippen molar-refractivity contribution in [1.29, 1.82) is 0 Å². The summed E-state index contributed by atoms with van der Waals surface area (Å²) in [6.45, 7) is -0.237. The SMILES string of the molecule is COC(=O)CNC(=O)Cc1cccc(NC(=O)c2cc(NC(=O)c3cccc([N+](=O)[O-])c3)cn2C)c1. The first-order valence-electron chi connectivity index (χ1n) is 10.6. The fourth-order valence-corrected chi connectivity index (χ4v) is 3.27. The Hall–Kier alpha value is -5.00. The maximum atomic E-state index is 12.8. The van der Waals surface area contributed by atoms with Crippen LogP contribution < -0.4 is 16.0 Å².